The molecule has 0 atom stereocenters. The van der Waals surface area contributed by atoms with Crippen LogP contribution in [0.4, 0.5) is 5.69 Å². The van der Waals surface area contributed by atoms with E-state index in [1.807, 2.05) is 12.1 Å². The Bertz CT molecular complexity index is 578. The molecule has 0 heterocycles. The molecule has 1 aliphatic carbocycles. The third-order valence-corrected chi connectivity index (χ3v) is 3.56. The average Bonchev–Trinajstić information content (AvgIpc) is 2.45. The third-order valence-electron chi connectivity index (χ3n) is 3.33. The Kier molecular flexibility index (Phi) is 4.45. The smallest absolute Gasteiger partial charge is 0.199 e. The van der Waals surface area contributed by atoms with Gasteiger partial charge in [0.1, 0.15) is 5.76 Å². The van der Waals surface area contributed by atoms with Crippen LogP contribution in [0.1, 0.15) is 18.4 Å². The Morgan fingerprint density at radius 2 is 1.70 bits per heavy atom. The van der Waals surface area contributed by atoms with Gasteiger partial charge >= 0.3 is 0 Å². The summed E-state index contributed by atoms with van der Waals surface area (Å²) in [5.74, 6) is 2.05. The minimum Gasteiger partial charge on any atom is -0.497 e. The Balaban J connectivity index is 2.58. The van der Waals surface area contributed by atoms with Crippen LogP contribution in [0.5, 0.6) is 0 Å². The van der Waals surface area contributed by atoms with Crippen molar-refractivity contribution in [2.45, 2.75) is 12.8 Å². The van der Waals surface area contributed by atoms with Crippen molar-refractivity contribution in [2.24, 2.45) is 0 Å². The molecule has 0 saturated heterocycles. The molecule has 2 rings (SSSR count). The summed E-state index contributed by atoms with van der Waals surface area (Å²) in [6.07, 6.45) is 1.51. The van der Waals surface area contributed by atoms with E-state index < -0.39 is 0 Å². The Morgan fingerprint density at radius 1 is 1.00 bits per heavy atom. The van der Waals surface area contributed by atoms with Gasteiger partial charge in [-0.3, -0.25) is 0 Å². The van der Waals surface area contributed by atoms with Crippen LogP contribution in [0.25, 0.3) is 5.57 Å². The number of hydrogen-bond acceptors (Lipinski definition) is 4. The van der Waals surface area contributed by atoms with Crippen molar-refractivity contribution < 1.29 is 14.2 Å². The molecule has 0 aliphatic heterocycles. The maximum atomic E-state index is 6.06. The molecule has 4 nitrogen and oxygen atoms in total. The van der Waals surface area contributed by atoms with E-state index in [2.05, 4.69) is 0 Å². The van der Waals surface area contributed by atoms with Crippen LogP contribution in [0.3, 0.4) is 0 Å². The molecule has 0 bridgehead atoms. The second-order valence-electron chi connectivity index (χ2n) is 4.40. The summed E-state index contributed by atoms with van der Waals surface area (Å²) in [5.41, 5.74) is 8.60. The second-order valence-corrected chi connectivity index (χ2v) is 4.84. The van der Waals surface area contributed by atoms with Crippen molar-refractivity contribution in [1.29, 1.82) is 0 Å². The van der Waals surface area contributed by atoms with Gasteiger partial charge in [-0.25, -0.2) is 0 Å². The first-order chi connectivity index (χ1) is 9.62. The van der Waals surface area contributed by atoms with Crippen molar-refractivity contribution in [3.05, 3.63) is 46.1 Å². The molecule has 0 aromatic heterocycles. The van der Waals surface area contributed by atoms with Crippen molar-refractivity contribution in [2.75, 3.05) is 27.1 Å². The topological polar surface area (TPSA) is 53.7 Å². The first-order valence-electron chi connectivity index (χ1n) is 6.26. The number of nitrogens with two attached hydrogens (primary N) is 1. The molecule has 2 N–H and O–H groups in total. The molecular formula is C15H18ClNO3. The van der Waals surface area contributed by atoms with Crippen LogP contribution in [0.15, 0.2) is 35.5 Å². The highest BCUT2D eigenvalue weighted by Gasteiger charge is 2.26. The Labute approximate surface area is 123 Å². The number of hydrogen-bond donors (Lipinski definition) is 1. The van der Waals surface area contributed by atoms with Gasteiger partial charge < -0.3 is 19.9 Å². The first kappa shape index (κ1) is 14.6. The molecule has 1 aromatic carbocycles. The van der Waals surface area contributed by atoms with E-state index in [9.17, 15) is 0 Å². The monoisotopic (exact) mass is 295 g/mol. The summed E-state index contributed by atoms with van der Waals surface area (Å²) in [7, 11) is 4.84. The number of allylic oxidation sites excluding steroid dienone is 2. The number of benzene rings is 1. The average molecular weight is 296 g/mol. The predicted octanol–water partition coefficient (Wildman–Crippen LogP) is 3.58. The second kappa shape index (κ2) is 6.09. The standard InChI is InChI=1S/C15H18ClNO3/c1-18-13-7-6-11(14(19-2)15(13)20-3)10-5-4-9(16)8-12(10)17/h4-5,8H,6-7,17H2,1-3H3. The van der Waals surface area contributed by atoms with Crippen LogP contribution >= 0.6 is 11.6 Å². The number of nitrogen functional groups attached to an aromatic ring is 1. The SMILES string of the molecule is COC1=C(OC)C(OC)=C(c2ccc(Cl)cc2N)CC1. The molecule has 108 valence electrons. The zero-order chi connectivity index (χ0) is 14.7. The zero-order valence-electron chi connectivity index (χ0n) is 11.8. The maximum absolute atomic E-state index is 6.06. The van der Waals surface area contributed by atoms with E-state index in [0.29, 0.717) is 22.2 Å². The van der Waals surface area contributed by atoms with Gasteiger partial charge in [-0.05, 0) is 18.6 Å². The summed E-state index contributed by atoms with van der Waals surface area (Å²) < 4.78 is 16.3. The van der Waals surface area contributed by atoms with Crippen LogP contribution in [-0.4, -0.2) is 21.3 Å². The van der Waals surface area contributed by atoms with Crippen molar-refractivity contribution >= 4 is 22.9 Å². The van der Waals surface area contributed by atoms with Gasteiger partial charge in [0.25, 0.3) is 0 Å². The fourth-order valence-corrected chi connectivity index (χ4v) is 2.59. The lowest BCUT2D eigenvalue weighted by atomic mass is 9.93. The van der Waals surface area contributed by atoms with Gasteiger partial charge in [-0.2, -0.15) is 0 Å². The summed E-state index contributed by atoms with van der Waals surface area (Å²) in [6, 6.07) is 5.45. The molecule has 20 heavy (non-hydrogen) atoms. The number of halogens is 1. The number of methoxy groups -OCH3 is 3. The van der Waals surface area contributed by atoms with Crippen LogP contribution < -0.4 is 5.73 Å². The van der Waals surface area contributed by atoms with Crippen molar-refractivity contribution in [1.82, 2.24) is 0 Å². The molecular weight excluding hydrogens is 278 g/mol. The fourth-order valence-electron chi connectivity index (χ4n) is 2.41. The lowest BCUT2D eigenvalue weighted by Gasteiger charge is -2.24. The molecule has 0 unspecified atom stereocenters. The molecule has 1 aliphatic rings. The van der Waals surface area contributed by atoms with Crippen LogP contribution in [0.2, 0.25) is 5.02 Å². The zero-order valence-corrected chi connectivity index (χ0v) is 12.6. The molecule has 0 radical (unpaired) electrons. The lowest BCUT2D eigenvalue weighted by Crippen LogP contribution is -2.11. The van der Waals surface area contributed by atoms with Gasteiger partial charge in [0.15, 0.2) is 11.5 Å². The van der Waals surface area contributed by atoms with E-state index in [1.165, 1.54) is 0 Å². The normalized spacial score (nSPS) is 15.4. The number of rotatable bonds is 4. The predicted molar refractivity (Wildman–Crippen MR) is 80.1 cm³/mol. The summed E-state index contributed by atoms with van der Waals surface area (Å²) in [6.45, 7) is 0. The molecule has 0 saturated carbocycles. The Morgan fingerprint density at radius 3 is 2.25 bits per heavy atom. The van der Waals surface area contributed by atoms with Gasteiger partial charge in [0.2, 0.25) is 0 Å². The molecule has 5 heteroatoms. The van der Waals surface area contributed by atoms with E-state index in [4.69, 9.17) is 31.5 Å². The summed E-state index contributed by atoms with van der Waals surface area (Å²) in [4.78, 5) is 0. The lowest BCUT2D eigenvalue weighted by molar-refractivity contribution is 0.176. The van der Waals surface area contributed by atoms with Crippen LogP contribution in [0, 0.1) is 0 Å². The highest BCUT2D eigenvalue weighted by atomic mass is 35.5. The van der Waals surface area contributed by atoms with Crippen molar-refractivity contribution in [3.8, 4) is 0 Å². The highest BCUT2D eigenvalue weighted by Crippen LogP contribution is 2.39. The molecule has 0 fully saturated rings. The van der Waals surface area contributed by atoms with Crippen LogP contribution in [-0.2, 0) is 14.2 Å². The first-order valence-corrected chi connectivity index (χ1v) is 6.64. The van der Waals surface area contributed by atoms with E-state index in [-0.39, 0.29) is 0 Å². The van der Waals surface area contributed by atoms with E-state index >= 15 is 0 Å². The van der Waals surface area contributed by atoms with Gasteiger partial charge in [-0.15, -0.1) is 0 Å². The fraction of sp³-hybridized carbons (Fsp3) is 0.333. The van der Waals surface area contributed by atoms with Gasteiger partial charge in [0, 0.05) is 28.3 Å². The Hall–Kier alpha value is -1.81. The van der Waals surface area contributed by atoms with Crippen molar-refractivity contribution in [3.63, 3.8) is 0 Å². The molecule has 1 aromatic rings. The van der Waals surface area contributed by atoms with Gasteiger partial charge in [-0.1, -0.05) is 17.7 Å². The summed E-state index contributed by atoms with van der Waals surface area (Å²) >= 11 is 5.95. The van der Waals surface area contributed by atoms with E-state index in [1.54, 1.807) is 27.4 Å². The summed E-state index contributed by atoms with van der Waals surface area (Å²) in [5, 5.41) is 0.613. The quantitative estimate of drug-likeness (QED) is 0.863. The molecule has 0 spiro atoms. The maximum Gasteiger partial charge on any atom is 0.199 e. The minimum atomic E-state index is 0.613. The van der Waals surface area contributed by atoms with Gasteiger partial charge in [0.05, 0.1) is 21.3 Å². The number of anilines is 1. The minimum absolute atomic E-state index is 0.613. The number of ether oxygens (including phenoxy) is 3. The third kappa shape index (κ3) is 2.56. The largest absolute Gasteiger partial charge is 0.497 e. The highest BCUT2D eigenvalue weighted by molar-refractivity contribution is 6.30. The van der Waals surface area contributed by atoms with E-state index in [0.717, 1.165) is 29.7 Å². The molecule has 0 amide bonds.